The van der Waals surface area contributed by atoms with E-state index >= 15 is 0 Å². The molecule has 0 saturated heterocycles. The molecule has 2 unspecified atom stereocenters. The van der Waals surface area contributed by atoms with Gasteiger partial charge in [0.05, 0.1) is 13.2 Å². The summed E-state index contributed by atoms with van der Waals surface area (Å²) < 4.78 is 10.4. The second kappa shape index (κ2) is 8.72. The molecule has 4 nitrogen and oxygen atoms in total. The molecule has 1 N–H and O–H groups in total. The number of nitrogens with one attached hydrogen (secondary N) is 1. The summed E-state index contributed by atoms with van der Waals surface area (Å²) in [4.78, 5) is 12.2. The summed E-state index contributed by atoms with van der Waals surface area (Å²) in [6, 6.07) is 9.26. The number of carbonyl (C=O) groups excluding carboxylic acids is 1. The fourth-order valence-electron chi connectivity index (χ4n) is 2.00. The highest BCUT2D eigenvalue weighted by Crippen LogP contribution is 2.17. The van der Waals surface area contributed by atoms with E-state index in [1.165, 1.54) is 0 Å². The van der Waals surface area contributed by atoms with Crippen LogP contribution in [0.3, 0.4) is 0 Å². The summed E-state index contributed by atoms with van der Waals surface area (Å²) in [6.45, 7) is 6.95. The Kier molecular flexibility index (Phi) is 7.26. The van der Waals surface area contributed by atoms with E-state index in [0.717, 1.165) is 5.56 Å². The Labute approximate surface area is 121 Å². The Morgan fingerprint density at radius 2 is 1.90 bits per heavy atom. The summed E-state index contributed by atoms with van der Waals surface area (Å²) in [7, 11) is 1.67. The molecule has 0 radical (unpaired) electrons. The monoisotopic (exact) mass is 279 g/mol. The van der Waals surface area contributed by atoms with Crippen molar-refractivity contribution in [1.82, 2.24) is 5.32 Å². The first-order chi connectivity index (χ1) is 9.60. The van der Waals surface area contributed by atoms with Crippen molar-refractivity contribution in [3.8, 4) is 0 Å². The standard InChI is InChI=1S/C16H25NO3/c1-5-20-16(18)15(13-9-7-6-8-10-13)17-14(11-19-4)12(2)3/h6-10,12,14-15,17H,5,11H2,1-4H3. The molecule has 1 aromatic rings. The van der Waals surface area contributed by atoms with Crippen molar-refractivity contribution in [2.75, 3.05) is 20.3 Å². The van der Waals surface area contributed by atoms with Gasteiger partial charge in [-0.05, 0) is 18.4 Å². The molecule has 0 aliphatic heterocycles. The molecule has 0 fully saturated rings. The SMILES string of the molecule is CCOC(=O)C(NC(COC)C(C)C)c1ccccc1. The van der Waals surface area contributed by atoms with Gasteiger partial charge in [0.2, 0.25) is 0 Å². The highest BCUT2D eigenvalue weighted by atomic mass is 16.5. The van der Waals surface area contributed by atoms with Crippen LogP contribution in [-0.2, 0) is 14.3 Å². The maximum absolute atomic E-state index is 12.2. The quantitative estimate of drug-likeness (QED) is 0.743. The number of benzene rings is 1. The van der Waals surface area contributed by atoms with Crippen LogP contribution in [-0.4, -0.2) is 32.3 Å². The predicted octanol–water partition coefficient (Wildman–Crippen LogP) is 2.55. The number of esters is 1. The van der Waals surface area contributed by atoms with Gasteiger partial charge in [-0.1, -0.05) is 44.2 Å². The van der Waals surface area contributed by atoms with Crippen molar-refractivity contribution in [2.24, 2.45) is 5.92 Å². The van der Waals surface area contributed by atoms with E-state index in [-0.39, 0.29) is 12.0 Å². The molecule has 0 heterocycles. The van der Waals surface area contributed by atoms with Gasteiger partial charge < -0.3 is 9.47 Å². The smallest absolute Gasteiger partial charge is 0.327 e. The molecule has 2 atom stereocenters. The first kappa shape index (κ1) is 16.7. The van der Waals surface area contributed by atoms with Crippen molar-refractivity contribution < 1.29 is 14.3 Å². The largest absolute Gasteiger partial charge is 0.465 e. The Bertz CT molecular complexity index is 392. The maximum Gasteiger partial charge on any atom is 0.327 e. The number of ether oxygens (including phenoxy) is 2. The lowest BCUT2D eigenvalue weighted by molar-refractivity contribution is -0.146. The number of hydrogen-bond donors (Lipinski definition) is 1. The molecular weight excluding hydrogens is 254 g/mol. The summed E-state index contributed by atoms with van der Waals surface area (Å²) in [5.74, 6) is 0.107. The van der Waals surface area contributed by atoms with Gasteiger partial charge >= 0.3 is 5.97 Å². The highest BCUT2D eigenvalue weighted by Gasteiger charge is 2.26. The van der Waals surface area contributed by atoms with Crippen molar-refractivity contribution in [3.05, 3.63) is 35.9 Å². The third-order valence-corrected chi connectivity index (χ3v) is 3.19. The molecule has 1 rings (SSSR count). The number of carbonyl (C=O) groups is 1. The van der Waals surface area contributed by atoms with Gasteiger partial charge in [0, 0.05) is 13.2 Å². The summed E-state index contributed by atoms with van der Waals surface area (Å²) in [5.41, 5.74) is 0.910. The molecule has 112 valence electrons. The van der Waals surface area contributed by atoms with Gasteiger partial charge in [-0.3, -0.25) is 5.32 Å². The van der Waals surface area contributed by atoms with E-state index in [1.807, 2.05) is 37.3 Å². The maximum atomic E-state index is 12.2. The minimum absolute atomic E-state index is 0.0922. The molecule has 0 aliphatic carbocycles. The van der Waals surface area contributed by atoms with Gasteiger partial charge in [0.25, 0.3) is 0 Å². The van der Waals surface area contributed by atoms with Crippen LogP contribution in [0.1, 0.15) is 32.4 Å². The van der Waals surface area contributed by atoms with E-state index in [9.17, 15) is 4.79 Å². The lowest BCUT2D eigenvalue weighted by Gasteiger charge is -2.27. The third kappa shape index (κ3) is 4.94. The van der Waals surface area contributed by atoms with Gasteiger partial charge in [0.15, 0.2) is 0 Å². The van der Waals surface area contributed by atoms with Crippen LogP contribution in [0.25, 0.3) is 0 Å². The van der Waals surface area contributed by atoms with E-state index in [4.69, 9.17) is 9.47 Å². The number of rotatable bonds is 8. The minimum atomic E-state index is -0.460. The zero-order valence-corrected chi connectivity index (χ0v) is 12.8. The van der Waals surface area contributed by atoms with Crippen molar-refractivity contribution in [2.45, 2.75) is 32.9 Å². The first-order valence-corrected chi connectivity index (χ1v) is 7.06. The minimum Gasteiger partial charge on any atom is -0.465 e. The predicted molar refractivity (Wildman–Crippen MR) is 79.5 cm³/mol. The van der Waals surface area contributed by atoms with Gasteiger partial charge in [0.1, 0.15) is 6.04 Å². The third-order valence-electron chi connectivity index (χ3n) is 3.19. The van der Waals surface area contributed by atoms with E-state index in [0.29, 0.717) is 19.1 Å². The van der Waals surface area contributed by atoms with Gasteiger partial charge in [-0.2, -0.15) is 0 Å². The Hall–Kier alpha value is -1.39. The van der Waals surface area contributed by atoms with Gasteiger partial charge in [-0.25, -0.2) is 4.79 Å². The average Bonchev–Trinajstić information content (AvgIpc) is 2.44. The molecule has 20 heavy (non-hydrogen) atoms. The zero-order chi connectivity index (χ0) is 15.0. The zero-order valence-electron chi connectivity index (χ0n) is 12.8. The van der Waals surface area contributed by atoms with E-state index in [1.54, 1.807) is 7.11 Å². The molecule has 0 saturated carbocycles. The molecule has 0 aromatic heterocycles. The summed E-state index contributed by atoms with van der Waals surface area (Å²) in [6.07, 6.45) is 0. The Morgan fingerprint density at radius 3 is 2.40 bits per heavy atom. The molecule has 1 aromatic carbocycles. The van der Waals surface area contributed by atoms with E-state index in [2.05, 4.69) is 19.2 Å². The molecule has 0 aliphatic rings. The van der Waals surface area contributed by atoms with Crippen molar-refractivity contribution in [1.29, 1.82) is 0 Å². The average molecular weight is 279 g/mol. The van der Waals surface area contributed by atoms with Crippen LogP contribution in [0, 0.1) is 5.92 Å². The fraction of sp³-hybridized carbons (Fsp3) is 0.562. The Balaban J connectivity index is 2.90. The van der Waals surface area contributed by atoms with Crippen molar-refractivity contribution >= 4 is 5.97 Å². The van der Waals surface area contributed by atoms with Crippen LogP contribution in [0.15, 0.2) is 30.3 Å². The molecular formula is C16H25NO3. The second-order valence-electron chi connectivity index (χ2n) is 5.07. The summed E-state index contributed by atoms with van der Waals surface area (Å²) >= 11 is 0. The van der Waals surface area contributed by atoms with E-state index < -0.39 is 6.04 Å². The van der Waals surface area contributed by atoms with Gasteiger partial charge in [-0.15, -0.1) is 0 Å². The molecule has 0 bridgehead atoms. The normalized spacial score (nSPS) is 14.1. The number of hydrogen-bond acceptors (Lipinski definition) is 4. The summed E-state index contributed by atoms with van der Waals surface area (Å²) in [5, 5.41) is 3.36. The van der Waals surface area contributed by atoms with Crippen LogP contribution < -0.4 is 5.32 Å². The lowest BCUT2D eigenvalue weighted by atomic mass is 10.0. The Morgan fingerprint density at radius 1 is 1.25 bits per heavy atom. The van der Waals surface area contributed by atoms with Crippen LogP contribution in [0.4, 0.5) is 0 Å². The molecule has 4 heteroatoms. The first-order valence-electron chi connectivity index (χ1n) is 7.06. The van der Waals surface area contributed by atoms with Crippen LogP contribution >= 0.6 is 0 Å². The number of methoxy groups -OCH3 is 1. The molecule has 0 amide bonds. The van der Waals surface area contributed by atoms with Crippen molar-refractivity contribution in [3.63, 3.8) is 0 Å². The highest BCUT2D eigenvalue weighted by molar-refractivity contribution is 5.77. The van der Waals surface area contributed by atoms with Crippen LogP contribution in [0.2, 0.25) is 0 Å². The fourth-order valence-corrected chi connectivity index (χ4v) is 2.00. The second-order valence-corrected chi connectivity index (χ2v) is 5.07. The topological polar surface area (TPSA) is 47.6 Å². The lowest BCUT2D eigenvalue weighted by Crippen LogP contribution is -2.43. The molecule has 0 spiro atoms. The van der Waals surface area contributed by atoms with Crippen LogP contribution in [0.5, 0.6) is 0 Å².